The second-order valence-corrected chi connectivity index (χ2v) is 5.47. The van der Waals surface area contributed by atoms with Crippen molar-refractivity contribution < 1.29 is 24.0 Å². The molecule has 0 unspecified atom stereocenters. The van der Waals surface area contributed by atoms with Crippen molar-refractivity contribution in [3.05, 3.63) is 64.2 Å². The largest absolute Gasteiger partial charge is 0.496 e. The van der Waals surface area contributed by atoms with Crippen LogP contribution in [-0.4, -0.2) is 30.0 Å². The number of rotatable bonds is 3. The number of hydrogen-bond acceptors (Lipinski definition) is 5. The van der Waals surface area contributed by atoms with Crippen molar-refractivity contribution in [2.45, 2.75) is 13.8 Å². The van der Waals surface area contributed by atoms with Gasteiger partial charge in [-0.05, 0) is 43.7 Å². The van der Waals surface area contributed by atoms with Gasteiger partial charge in [0.25, 0.3) is 11.8 Å². The van der Waals surface area contributed by atoms with Crippen LogP contribution in [0, 0.1) is 13.8 Å². The van der Waals surface area contributed by atoms with E-state index in [-0.39, 0.29) is 16.7 Å². The zero-order chi connectivity index (χ0) is 17.4. The summed E-state index contributed by atoms with van der Waals surface area (Å²) in [4.78, 5) is 42.0. The number of nitrogens with zero attached hydrogens (tertiary/aromatic N) is 1. The molecule has 0 fully saturated rings. The van der Waals surface area contributed by atoms with Crippen molar-refractivity contribution in [3.63, 3.8) is 0 Å². The summed E-state index contributed by atoms with van der Waals surface area (Å²) in [6.07, 6.45) is 0. The van der Waals surface area contributed by atoms with Gasteiger partial charge in [0.15, 0.2) is 0 Å². The zero-order valence-electron chi connectivity index (χ0n) is 13.5. The number of imide groups is 1. The number of carbonyl (C=O) groups is 3. The minimum Gasteiger partial charge on any atom is -0.496 e. The third kappa shape index (κ3) is 2.42. The first-order valence-electron chi connectivity index (χ1n) is 7.29. The summed E-state index contributed by atoms with van der Waals surface area (Å²) in [5.41, 5.74) is 2.04. The van der Waals surface area contributed by atoms with E-state index in [4.69, 9.17) is 9.57 Å². The average Bonchev–Trinajstić information content (AvgIpc) is 2.82. The molecule has 0 radical (unpaired) electrons. The molecule has 6 heteroatoms. The number of hydrogen-bond donors (Lipinski definition) is 0. The van der Waals surface area contributed by atoms with Gasteiger partial charge in [0.05, 0.1) is 23.8 Å². The highest BCUT2D eigenvalue weighted by atomic mass is 16.7. The molecule has 1 heterocycles. The van der Waals surface area contributed by atoms with Crippen LogP contribution in [0.5, 0.6) is 5.75 Å². The van der Waals surface area contributed by atoms with Gasteiger partial charge in [-0.1, -0.05) is 17.2 Å². The second-order valence-electron chi connectivity index (χ2n) is 5.47. The number of carbonyl (C=O) groups excluding carboxylic acids is 3. The quantitative estimate of drug-likeness (QED) is 0.811. The van der Waals surface area contributed by atoms with E-state index < -0.39 is 17.8 Å². The predicted octanol–water partition coefficient (Wildman–Crippen LogP) is 2.68. The van der Waals surface area contributed by atoms with Gasteiger partial charge in [0.2, 0.25) is 0 Å². The van der Waals surface area contributed by atoms with Crippen LogP contribution >= 0.6 is 0 Å². The lowest BCUT2D eigenvalue weighted by Gasteiger charge is -2.15. The SMILES string of the molecule is COc1cc(C)cc(C(=O)ON2C(=O)c3ccccc3C2=O)c1C. The van der Waals surface area contributed by atoms with Crippen molar-refractivity contribution in [1.82, 2.24) is 5.06 Å². The van der Waals surface area contributed by atoms with E-state index in [1.54, 1.807) is 38.1 Å². The van der Waals surface area contributed by atoms with Gasteiger partial charge >= 0.3 is 5.97 Å². The maximum atomic E-state index is 12.5. The molecule has 3 rings (SSSR count). The molecular formula is C18H15NO5. The third-order valence-electron chi connectivity index (χ3n) is 3.88. The molecule has 1 aliphatic heterocycles. The third-order valence-corrected chi connectivity index (χ3v) is 3.88. The second kappa shape index (κ2) is 5.81. The van der Waals surface area contributed by atoms with E-state index in [0.29, 0.717) is 16.4 Å². The van der Waals surface area contributed by atoms with Crippen molar-refractivity contribution in [3.8, 4) is 5.75 Å². The predicted molar refractivity (Wildman–Crippen MR) is 84.8 cm³/mol. The first kappa shape index (κ1) is 15.7. The van der Waals surface area contributed by atoms with E-state index in [1.807, 2.05) is 0 Å². The van der Waals surface area contributed by atoms with Crippen LogP contribution < -0.4 is 4.74 Å². The lowest BCUT2D eigenvalue weighted by atomic mass is 10.0. The molecule has 0 spiro atoms. The fraction of sp³-hybridized carbons (Fsp3) is 0.167. The molecule has 0 atom stereocenters. The fourth-order valence-corrected chi connectivity index (χ4v) is 2.63. The van der Waals surface area contributed by atoms with E-state index in [0.717, 1.165) is 5.56 Å². The molecule has 0 aromatic heterocycles. The number of hydroxylamine groups is 2. The lowest BCUT2D eigenvalue weighted by molar-refractivity contribution is -0.0585. The van der Waals surface area contributed by atoms with Crippen molar-refractivity contribution in [2.75, 3.05) is 7.11 Å². The van der Waals surface area contributed by atoms with Gasteiger partial charge in [0, 0.05) is 5.56 Å². The Morgan fingerprint density at radius 2 is 1.58 bits per heavy atom. The number of benzene rings is 2. The Balaban J connectivity index is 1.91. The summed E-state index contributed by atoms with van der Waals surface area (Å²) in [6, 6.07) is 9.73. The number of aryl methyl sites for hydroxylation is 1. The first-order valence-corrected chi connectivity index (χ1v) is 7.29. The molecule has 24 heavy (non-hydrogen) atoms. The Kier molecular flexibility index (Phi) is 3.81. The number of methoxy groups -OCH3 is 1. The van der Waals surface area contributed by atoms with Gasteiger partial charge in [-0.3, -0.25) is 9.59 Å². The van der Waals surface area contributed by atoms with E-state index in [2.05, 4.69) is 0 Å². The summed E-state index contributed by atoms with van der Waals surface area (Å²) in [6.45, 7) is 3.51. The molecule has 0 bridgehead atoms. The van der Waals surface area contributed by atoms with Crippen molar-refractivity contribution in [2.24, 2.45) is 0 Å². The lowest BCUT2D eigenvalue weighted by Crippen LogP contribution is -2.33. The summed E-state index contributed by atoms with van der Waals surface area (Å²) in [5, 5.41) is 0.501. The molecule has 2 amide bonds. The Bertz CT molecular complexity index is 837. The van der Waals surface area contributed by atoms with Crippen molar-refractivity contribution in [1.29, 1.82) is 0 Å². The van der Waals surface area contributed by atoms with Crippen LogP contribution in [0.25, 0.3) is 0 Å². The zero-order valence-corrected chi connectivity index (χ0v) is 13.5. The molecule has 2 aromatic rings. The molecular weight excluding hydrogens is 310 g/mol. The normalized spacial score (nSPS) is 13.0. The summed E-state index contributed by atoms with van der Waals surface area (Å²) < 4.78 is 5.22. The number of ether oxygens (including phenoxy) is 1. The minimum absolute atomic E-state index is 0.217. The topological polar surface area (TPSA) is 72.9 Å². The van der Waals surface area contributed by atoms with Crippen LogP contribution in [0.15, 0.2) is 36.4 Å². The highest BCUT2D eigenvalue weighted by Gasteiger charge is 2.39. The molecule has 0 saturated carbocycles. The first-order chi connectivity index (χ1) is 11.4. The Labute approximate surface area is 138 Å². The van der Waals surface area contributed by atoms with Gasteiger partial charge in [-0.2, -0.15) is 0 Å². The summed E-state index contributed by atoms with van der Waals surface area (Å²) in [7, 11) is 1.50. The van der Waals surface area contributed by atoms with Crippen LogP contribution in [0.3, 0.4) is 0 Å². The Hall–Kier alpha value is -3.15. The smallest absolute Gasteiger partial charge is 0.364 e. The molecule has 122 valence electrons. The van der Waals surface area contributed by atoms with Crippen molar-refractivity contribution >= 4 is 17.8 Å². The van der Waals surface area contributed by atoms with Gasteiger partial charge in [-0.25, -0.2) is 4.79 Å². The average molecular weight is 325 g/mol. The highest BCUT2D eigenvalue weighted by molar-refractivity contribution is 6.21. The maximum Gasteiger partial charge on any atom is 0.364 e. The van der Waals surface area contributed by atoms with E-state index in [9.17, 15) is 14.4 Å². The van der Waals surface area contributed by atoms with E-state index in [1.165, 1.54) is 19.2 Å². The van der Waals surface area contributed by atoms with Gasteiger partial charge in [0.1, 0.15) is 5.75 Å². The fourth-order valence-electron chi connectivity index (χ4n) is 2.63. The van der Waals surface area contributed by atoms with Crippen LogP contribution in [0.4, 0.5) is 0 Å². The van der Waals surface area contributed by atoms with E-state index >= 15 is 0 Å². The standard InChI is InChI=1S/C18H15NO5/c1-10-8-14(11(2)15(9-10)23-3)18(22)24-19-16(20)12-6-4-5-7-13(12)17(19)21/h4-9H,1-3H3. The molecule has 2 aromatic carbocycles. The minimum atomic E-state index is -0.788. The van der Waals surface area contributed by atoms with Crippen LogP contribution in [-0.2, 0) is 4.84 Å². The Morgan fingerprint density at radius 3 is 2.12 bits per heavy atom. The monoisotopic (exact) mass is 325 g/mol. The van der Waals surface area contributed by atoms with Gasteiger partial charge in [-0.15, -0.1) is 0 Å². The van der Waals surface area contributed by atoms with Crippen LogP contribution in [0.2, 0.25) is 0 Å². The summed E-state index contributed by atoms with van der Waals surface area (Å²) in [5.74, 6) is -1.56. The molecule has 0 aliphatic carbocycles. The molecule has 1 aliphatic rings. The van der Waals surface area contributed by atoms with Crippen LogP contribution in [0.1, 0.15) is 42.2 Å². The Morgan fingerprint density at radius 1 is 1.00 bits per heavy atom. The molecule has 0 N–H and O–H groups in total. The summed E-state index contributed by atoms with van der Waals surface area (Å²) >= 11 is 0. The van der Waals surface area contributed by atoms with Gasteiger partial charge < -0.3 is 9.57 Å². The molecule has 6 nitrogen and oxygen atoms in total. The molecule has 0 saturated heterocycles. The number of amides is 2. The number of fused-ring (bicyclic) bond motifs is 1. The highest BCUT2D eigenvalue weighted by Crippen LogP contribution is 2.27. The maximum absolute atomic E-state index is 12.5.